The van der Waals surface area contributed by atoms with Crippen LogP contribution in [0.3, 0.4) is 0 Å². The Bertz CT molecular complexity index is 765. The molecule has 6 heteroatoms. The molecule has 0 aliphatic carbocycles. The summed E-state index contributed by atoms with van der Waals surface area (Å²) in [5.41, 5.74) is 0.707. The third-order valence-corrected chi connectivity index (χ3v) is 3.74. The van der Waals surface area contributed by atoms with Gasteiger partial charge in [0.25, 0.3) is 5.91 Å². The summed E-state index contributed by atoms with van der Waals surface area (Å²) in [4.78, 5) is 14.3. The molecule has 2 aromatic heterocycles. The maximum absolute atomic E-state index is 12.7. The van der Waals surface area contributed by atoms with E-state index in [1.165, 1.54) is 0 Å². The van der Waals surface area contributed by atoms with Crippen LogP contribution in [0.15, 0.2) is 68.3 Å². The highest BCUT2D eigenvalue weighted by atomic mass is 79.9. The van der Waals surface area contributed by atoms with Crippen LogP contribution in [0.1, 0.15) is 16.3 Å². The Morgan fingerprint density at radius 3 is 2.50 bits per heavy atom. The average molecular weight is 381 g/mol. The second-order valence-electron chi connectivity index (χ2n) is 4.55. The van der Waals surface area contributed by atoms with E-state index in [9.17, 15) is 4.79 Å². The van der Waals surface area contributed by atoms with E-state index < -0.39 is 0 Å². The summed E-state index contributed by atoms with van der Waals surface area (Å²) in [7, 11) is 0. The van der Waals surface area contributed by atoms with Gasteiger partial charge in [-0.2, -0.15) is 0 Å². The van der Waals surface area contributed by atoms with E-state index in [1.54, 1.807) is 53.6 Å². The fourth-order valence-corrected chi connectivity index (χ4v) is 2.45. The highest BCUT2D eigenvalue weighted by Gasteiger charge is 2.22. The first-order chi connectivity index (χ1) is 10.6. The minimum Gasteiger partial charge on any atom is -0.467 e. The zero-order chi connectivity index (χ0) is 15.5. The summed E-state index contributed by atoms with van der Waals surface area (Å²) in [6, 6.07) is 13.9. The number of amides is 1. The maximum Gasteiger partial charge on any atom is 0.294 e. The Morgan fingerprint density at radius 1 is 1.14 bits per heavy atom. The summed E-state index contributed by atoms with van der Waals surface area (Å²) in [6.45, 7) is 0.297. The summed E-state index contributed by atoms with van der Waals surface area (Å²) in [5.74, 6) is 0.659. The molecule has 0 bridgehead atoms. The number of carbonyl (C=O) groups is 1. The van der Waals surface area contributed by atoms with Crippen LogP contribution in [-0.4, -0.2) is 5.91 Å². The number of hydrogen-bond donors (Lipinski definition) is 0. The van der Waals surface area contributed by atoms with E-state index in [4.69, 9.17) is 20.4 Å². The number of nitrogens with zero attached hydrogens (tertiary/aromatic N) is 1. The molecule has 0 fully saturated rings. The van der Waals surface area contributed by atoms with Crippen molar-refractivity contribution < 1.29 is 13.6 Å². The first kappa shape index (κ1) is 14.9. The predicted octanol–water partition coefficient (Wildman–Crippen LogP) is 5.14. The van der Waals surface area contributed by atoms with Gasteiger partial charge in [0.15, 0.2) is 10.4 Å². The van der Waals surface area contributed by atoms with Gasteiger partial charge in [-0.05, 0) is 64.5 Å². The molecule has 22 heavy (non-hydrogen) atoms. The molecule has 1 aromatic carbocycles. The van der Waals surface area contributed by atoms with Crippen LogP contribution in [0.2, 0.25) is 5.02 Å². The van der Waals surface area contributed by atoms with E-state index in [2.05, 4.69) is 15.9 Å². The number of carbonyl (C=O) groups excluding carboxylic acids is 1. The number of rotatable bonds is 4. The monoisotopic (exact) mass is 379 g/mol. The topological polar surface area (TPSA) is 46.6 Å². The molecular weight excluding hydrogens is 370 g/mol. The van der Waals surface area contributed by atoms with Crippen LogP contribution >= 0.6 is 27.5 Å². The van der Waals surface area contributed by atoms with E-state index >= 15 is 0 Å². The van der Waals surface area contributed by atoms with Crippen molar-refractivity contribution in [2.24, 2.45) is 0 Å². The predicted molar refractivity (Wildman–Crippen MR) is 87.1 cm³/mol. The van der Waals surface area contributed by atoms with Gasteiger partial charge in [0.1, 0.15) is 5.76 Å². The molecule has 0 aliphatic rings. The van der Waals surface area contributed by atoms with Crippen LogP contribution in [0, 0.1) is 0 Å². The van der Waals surface area contributed by atoms with Gasteiger partial charge in [-0.1, -0.05) is 11.6 Å². The molecule has 0 unspecified atom stereocenters. The molecule has 2 heterocycles. The average Bonchev–Trinajstić information content (AvgIpc) is 3.17. The van der Waals surface area contributed by atoms with Crippen molar-refractivity contribution in [3.05, 3.63) is 76.0 Å². The number of benzene rings is 1. The van der Waals surface area contributed by atoms with E-state index in [1.807, 2.05) is 6.07 Å². The van der Waals surface area contributed by atoms with Gasteiger partial charge in [0, 0.05) is 10.7 Å². The quantitative estimate of drug-likeness (QED) is 0.630. The van der Waals surface area contributed by atoms with Crippen molar-refractivity contribution in [3.63, 3.8) is 0 Å². The van der Waals surface area contributed by atoms with Gasteiger partial charge in [-0.25, -0.2) is 0 Å². The minimum atomic E-state index is -0.260. The van der Waals surface area contributed by atoms with Crippen molar-refractivity contribution in [1.82, 2.24) is 0 Å². The van der Waals surface area contributed by atoms with Crippen LogP contribution < -0.4 is 4.90 Å². The molecule has 0 radical (unpaired) electrons. The lowest BCUT2D eigenvalue weighted by molar-refractivity contribution is 0.0955. The third-order valence-electron chi connectivity index (χ3n) is 3.06. The van der Waals surface area contributed by atoms with Gasteiger partial charge in [0.2, 0.25) is 0 Å². The second kappa shape index (κ2) is 6.42. The zero-order valence-electron chi connectivity index (χ0n) is 11.3. The minimum absolute atomic E-state index is 0.244. The number of furan rings is 2. The summed E-state index contributed by atoms with van der Waals surface area (Å²) in [6.07, 6.45) is 1.57. The third kappa shape index (κ3) is 3.26. The number of halogens is 2. The van der Waals surface area contributed by atoms with Crippen LogP contribution in [-0.2, 0) is 6.54 Å². The normalized spacial score (nSPS) is 10.6. The lowest BCUT2D eigenvalue weighted by Crippen LogP contribution is -2.29. The first-order valence-corrected chi connectivity index (χ1v) is 7.66. The summed E-state index contributed by atoms with van der Waals surface area (Å²) in [5, 5.41) is 0.606. The van der Waals surface area contributed by atoms with Crippen molar-refractivity contribution in [2.75, 3.05) is 4.90 Å². The Labute approximate surface area is 140 Å². The van der Waals surface area contributed by atoms with Crippen molar-refractivity contribution in [1.29, 1.82) is 0 Å². The van der Waals surface area contributed by atoms with Gasteiger partial charge in [-0.3, -0.25) is 9.69 Å². The molecular formula is C16H11BrClNO3. The molecule has 0 saturated heterocycles. The molecule has 1 amide bonds. The zero-order valence-corrected chi connectivity index (χ0v) is 13.7. The van der Waals surface area contributed by atoms with Gasteiger partial charge >= 0.3 is 0 Å². The number of hydrogen-bond acceptors (Lipinski definition) is 3. The number of anilines is 1. The second-order valence-corrected chi connectivity index (χ2v) is 5.77. The first-order valence-electron chi connectivity index (χ1n) is 6.48. The molecule has 0 atom stereocenters. The van der Waals surface area contributed by atoms with Gasteiger partial charge in [-0.15, -0.1) is 0 Å². The molecule has 0 N–H and O–H groups in total. The largest absolute Gasteiger partial charge is 0.467 e. The van der Waals surface area contributed by atoms with Crippen molar-refractivity contribution in [2.45, 2.75) is 6.54 Å². The Balaban J connectivity index is 1.94. The Hall–Kier alpha value is -1.98. The highest BCUT2D eigenvalue weighted by molar-refractivity contribution is 9.10. The SMILES string of the molecule is O=C(c1ccc(Br)o1)N(Cc1ccco1)c1ccc(Cl)cc1. The lowest BCUT2D eigenvalue weighted by Gasteiger charge is -2.20. The van der Waals surface area contributed by atoms with E-state index in [-0.39, 0.29) is 11.7 Å². The fourth-order valence-electron chi connectivity index (χ4n) is 2.02. The molecule has 0 aliphatic heterocycles. The molecule has 0 saturated carbocycles. The van der Waals surface area contributed by atoms with Gasteiger partial charge < -0.3 is 8.83 Å². The maximum atomic E-state index is 12.7. The van der Waals surface area contributed by atoms with Crippen molar-refractivity contribution >= 4 is 39.1 Å². The molecule has 3 aromatic rings. The van der Waals surface area contributed by atoms with Crippen LogP contribution in [0.25, 0.3) is 0 Å². The standard InChI is InChI=1S/C16H11BrClNO3/c17-15-8-7-14(22-15)16(20)19(10-13-2-1-9-21-13)12-5-3-11(18)4-6-12/h1-9H,10H2. The van der Waals surface area contributed by atoms with Crippen molar-refractivity contribution in [3.8, 4) is 0 Å². The smallest absolute Gasteiger partial charge is 0.294 e. The Kier molecular flexibility index (Phi) is 4.36. The fraction of sp³-hybridized carbons (Fsp3) is 0.0625. The highest BCUT2D eigenvalue weighted by Crippen LogP contribution is 2.24. The molecule has 3 rings (SSSR count). The molecule has 4 nitrogen and oxygen atoms in total. The summed E-state index contributed by atoms with van der Waals surface area (Å²) < 4.78 is 11.2. The van der Waals surface area contributed by atoms with E-state index in [0.717, 1.165) is 0 Å². The van der Waals surface area contributed by atoms with E-state index in [0.29, 0.717) is 27.7 Å². The molecule has 112 valence electrons. The molecule has 0 spiro atoms. The Morgan fingerprint density at radius 2 is 1.91 bits per heavy atom. The van der Waals surface area contributed by atoms with Gasteiger partial charge in [0.05, 0.1) is 12.8 Å². The van der Waals surface area contributed by atoms with Crippen LogP contribution in [0.4, 0.5) is 5.69 Å². The lowest BCUT2D eigenvalue weighted by atomic mass is 10.2. The van der Waals surface area contributed by atoms with Crippen LogP contribution in [0.5, 0.6) is 0 Å². The summed E-state index contributed by atoms with van der Waals surface area (Å²) >= 11 is 9.11.